The van der Waals surface area contributed by atoms with E-state index in [4.69, 9.17) is 0 Å². The number of halogens is 12. The van der Waals surface area contributed by atoms with Crippen molar-refractivity contribution in [2.24, 2.45) is 0 Å². The molecular weight excluding hydrogens is 516 g/mol. The molecule has 0 radical (unpaired) electrons. The van der Waals surface area contributed by atoms with E-state index < -0.39 is 44.9 Å². The van der Waals surface area contributed by atoms with Gasteiger partial charge in [-0.1, -0.05) is 55.8 Å². The van der Waals surface area contributed by atoms with Crippen LogP contribution in [0.15, 0.2) is 70.5 Å². The fourth-order valence-electron chi connectivity index (χ4n) is 1.36. The van der Waals surface area contributed by atoms with E-state index in [0.29, 0.717) is 24.3 Å². The van der Waals surface area contributed by atoms with Crippen LogP contribution in [0, 0.1) is 0 Å². The Kier molecular flexibility index (Phi) is 6.69. The molecule has 0 bridgehead atoms. The Morgan fingerprint density at radius 1 is 0.556 bits per heavy atom. The average Bonchev–Trinajstić information content (AvgIpc) is 2.46. The van der Waals surface area contributed by atoms with Crippen LogP contribution >= 0.6 is 30.0 Å². The Labute approximate surface area is 158 Å². The molecule has 0 atom stereocenters. The molecule has 0 saturated carbocycles. The van der Waals surface area contributed by atoms with Gasteiger partial charge in [-0.15, -0.1) is 15.5 Å². The Balaban J connectivity index is 0.000000438. The van der Waals surface area contributed by atoms with Crippen LogP contribution in [0.5, 0.6) is 0 Å². The number of rotatable bonds is 2. The zero-order chi connectivity index (χ0) is 21.7. The molecule has 0 N–H and O–H groups in total. The first-order valence-corrected chi connectivity index (χ1v) is 11.5. The summed E-state index contributed by atoms with van der Waals surface area (Å²) in [6.07, 6.45) is 0. The Hall–Kier alpha value is -0.821. The maximum atomic E-state index is 12.4. The summed E-state index contributed by atoms with van der Waals surface area (Å²) in [6.45, 7) is 0. The molecule has 2 aromatic carbocycles. The van der Waals surface area contributed by atoms with E-state index in [1.807, 2.05) is 0 Å². The van der Waals surface area contributed by atoms with E-state index >= 15 is 0 Å². The van der Waals surface area contributed by atoms with Gasteiger partial charge >= 0.3 is 33.2 Å². The van der Waals surface area contributed by atoms with Gasteiger partial charge in [0.1, 0.15) is 4.90 Å². The molecule has 165 valence electrons. The molecule has 27 heavy (non-hydrogen) atoms. The topological polar surface area (TPSA) is 0 Å². The SMILES string of the molecule is FS(F)(F)(F)(Cl)c1ccccc1.FS(F)(F)(F)(F)c1ccccc1.[F][Cu][F]. The van der Waals surface area contributed by atoms with Crippen LogP contribution in [-0.4, -0.2) is 0 Å². The predicted octanol–water partition coefficient (Wildman–Crippen LogP) is 9.80. The molecule has 0 aromatic heterocycles. The summed E-state index contributed by atoms with van der Waals surface area (Å²) in [5.41, 5.74) is 0. The molecule has 0 aliphatic rings. The van der Waals surface area contributed by atoms with Gasteiger partial charge in [0, 0.05) is 10.7 Å². The van der Waals surface area contributed by atoms with Gasteiger partial charge in [0.15, 0.2) is 0 Å². The van der Waals surface area contributed by atoms with E-state index in [-0.39, 0.29) is 0 Å². The quantitative estimate of drug-likeness (QED) is 0.270. The molecule has 0 spiro atoms. The summed E-state index contributed by atoms with van der Waals surface area (Å²) < 4.78 is 128. The van der Waals surface area contributed by atoms with E-state index in [2.05, 4.69) is 10.7 Å². The molecule has 0 nitrogen and oxygen atoms in total. The minimum atomic E-state index is -9.43. The second-order valence-electron chi connectivity index (χ2n) is 4.61. The number of benzene rings is 2. The standard InChI is InChI=1S/C6H5ClF4S.C6H5F5S.Cu.2FH/c2*7-12(8,9,10,11)6-4-2-1-3-5-6;;;/h2*1-5H;;2*1H/q;;+2;;/p-2. The van der Waals surface area contributed by atoms with E-state index in [1.165, 1.54) is 12.1 Å². The van der Waals surface area contributed by atoms with E-state index in [9.17, 15) is 42.1 Å². The Morgan fingerprint density at radius 2 is 0.815 bits per heavy atom. The minimum absolute atomic E-state index is 0.363. The Bertz CT molecular complexity index is 666. The summed E-state index contributed by atoms with van der Waals surface area (Å²) in [7, 11) is -13.9. The monoisotopic (exact) mass is 525 g/mol. The first-order valence-electron chi connectivity index (χ1n) is 6.00. The van der Waals surface area contributed by atoms with Crippen molar-refractivity contribution in [1.82, 2.24) is 0 Å². The van der Waals surface area contributed by atoms with Crippen molar-refractivity contribution in [3.63, 3.8) is 0 Å². The second-order valence-corrected chi connectivity index (χ2v) is 11.4. The van der Waals surface area contributed by atoms with Gasteiger partial charge in [-0.2, -0.15) is 0 Å². The van der Waals surface area contributed by atoms with Crippen molar-refractivity contribution < 1.29 is 57.9 Å². The summed E-state index contributed by atoms with van der Waals surface area (Å²) in [6, 6.07) is 8.54. The molecule has 0 unspecified atom stereocenters. The van der Waals surface area contributed by atoms with Crippen LogP contribution < -0.4 is 0 Å². The third-order valence-electron chi connectivity index (χ3n) is 2.38. The summed E-state index contributed by atoms with van der Waals surface area (Å²) >= 11 is -1.19. The van der Waals surface area contributed by atoms with Crippen LogP contribution in [0.25, 0.3) is 0 Å². The predicted molar refractivity (Wildman–Crippen MR) is 82.6 cm³/mol. The molecule has 15 heteroatoms. The third-order valence-corrected chi connectivity index (χ3v) is 5.24. The first kappa shape index (κ1) is 26.2. The van der Waals surface area contributed by atoms with Crippen LogP contribution in [0.3, 0.4) is 0 Å². The van der Waals surface area contributed by atoms with E-state index in [1.54, 1.807) is 0 Å². The fraction of sp³-hybridized carbons (Fsp3) is 0. The fourth-order valence-corrected chi connectivity index (χ4v) is 3.01. The molecular formula is C12H10ClCuF11S2. The molecule has 0 amide bonds. The first-order chi connectivity index (χ1) is 11.6. The van der Waals surface area contributed by atoms with Crippen molar-refractivity contribution >= 4 is 30.0 Å². The van der Waals surface area contributed by atoms with Gasteiger partial charge in [0.2, 0.25) is 0 Å². The summed E-state index contributed by atoms with van der Waals surface area (Å²) in [5, 5.41) is 0. The van der Waals surface area contributed by atoms with Gasteiger partial charge in [0.25, 0.3) is 9.05 Å². The summed E-state index contributed by atoms with van der Waals surface area (Å²) in [4.78, 5) is -3.27. The molecule has 0 aliphatic carbocycles. The molecule has 0 fully saturated rings. The van der Waals surface area contributed by atoms with Gasteiger partial charge in [0.05, 0.1) is 4.90 Å². The van der Waals surface area contributed by atoms with Crippen LogP contribution in [-0.2, 0) is 15.9 Å². The van der Waals surface area contributed by atoms with Crippen molar-refractivity contribution in [3.8, 4) is 0 Å². The second kappa shape index (κ2) is 6.90. The number of hydrogen-bond donors (Lipinski definition) is 0. The van der Waals surface area contributed by atoms with Gasteiger partial charge in [-0.3, -0.25) is 0 Å². The molecule has 0 heterocycles. The zero-order valence-corrected chi connectivity index (χ0v) is 15.8. The molecule has 2 rings (SSSR count). The average molecular weight is 526 g/mol. The van der Waals surface area contributed by atoms with E-state index in [0.717, 1.165) is 24.3 Å². The van der Waals surface area contributed by atoms with Crippen molar-refractivity contribution in [2.75, 3.05) is 0 Å². The van der Waals surface area contributed by atoms with Crippen molar-refractivity contribution in [1.29, 1.82) is 0 Å². The zero-order valence-electron chi connectivity index (χ0n) is 12.4. The van der Waals surface area contributed by atoms with Crippen LogP contribution in [0.2, 0.25) is 0 Å². The van der Waals surface area contributed by atoms with Crippen LogP contribution in [0.1, 0.15) is 0 Å². The van der Waals surface area contributed by atoms with Crippen molar-refractivity contribution in [2.45, 2.75) is 9.79 Å². The molecule has 2 aromatic rings. The summed E-state index contributed by atoms with van der Waals surface area (Å²) in [5.74, 6) is 0. The third kappa shape index (κ3) is 10.9. The van der Waals surface area contributed by atoms with Crippen molar-refractivity contribution in [3.05, 3.63) is 60.7 Å². The van der Waals surface area contributed by atoms with Gasteiger partial charge in [-0.05, 0) is 24.3 Å². The van der Waals surface area contributed by atoms with Gasteiger partial charge < -0.3 is 0 Å². The van der Waals surface area contributed by atoms with Crippen LogP contribution in [0.4, 0.5) is 42.1 Å². The normalized spacial score (nSPS) is 16.9. The van der Waals surface area contributed by atoms with Gasteiger partial charge in [-0.25, -0.2) is 0 Å². The maximum absolute atomic E-state index is 12.4. The Morgan fingerprint density at radius 3 is 0.963 bits per heavy atom. The molecule has 0 saturated heterocycles. The number of hydrogen-bond acceptors (Lipinski definition) is 0. The molecule has 0 aliphatic heterocycles.